The van der Waals surface area contributed by atoms with Gasteiger partial charge in [0.15, 0.2) is 0 Å². The number of amides is 1. The largest absolute Gasteiger partial charge is 0.449 e. The standard InChI is InChI=1S/C35H40N2O6/c38-35(41-21-8-1-2-9-22-43-37(39)40)36-20-19-33(32-16-10-15-31(24-32)28-11-4-3-5-12-28)34(25-36)42-26-27-17-18-29-13-6-7-14-30(29)23-27/h3-7,10-18,23-24,33-34,39-40H,1-2,8-9,19-22,25-26H2/t33-,34+/m1/s1. The van der Waals surface area contributed by atoms with Crippen LogP contribution >= 0.6 is 0 Å². The average Bonchev–Trinajstić information content (AvgIpc) is 3.05. The maximum atomic E-state index is 13.0. The lowest BCUT2D eigenvalue weighted by Gasteiger charge is -2.38. The van der Waals surface area contributed by atoms with Crippen LogP contribution in [0.1, 0.15) is 49.1 Å². The van der Waals surface area contributed by atoms with Crippen molar-refractivity contribution in [2.45, 2.75) is 50.7 Å². The number of hydrogen-bond donors (Lipinski definition) is 2. The van der Waals surface area contributed by atoms with Gasteiger partial charge < -0.3 is 14.4 Å². The summed E-state index contributed by atoms with van der Waals surface area (Å²) in [7, 11) is 0. The van der Waals surface area contributed by atoms with E-state index in [-0.39, 0.29) is 30.1 Å². The zero-order chi connectivity index (χ0) is 29.9. The minimum Gasteiger partial charge on any atom is -0.449 e. The van der Waals surface area contributed by atoms with Gasteiger partial charge in [-0.3, -0.25) is 15.3 Å². The summed E-state index contributed by atoms with van der Waals surface area (Å²) in [6.45, 7) is 2.08. The predicted octanol–water partition coefficient (Wildman–Crippen LogP) is 7.59. The number of hydrogen-bond acceptors (Lipinski definition) is 7. The molecule has 0 aliphatic carbocycles. The van der Waals surface area contributed by atoms with Crippen molar-refractivity contribution < 1.29 is 29.5 Å². The summed E-state index contributed by atoms with van der Waals surface area (Å²) in [4.78, 5) is 19.3. The van der Waals surface area contributed by atoms with Gasteiger partial charge in [-0.15, -0.1) is 0 Å². The third-order valence-corrected chi connectivity index (χ3v) is 7.99. The molecule has 0 saturated carbocycles. The van der Waals surface area contributed by atoms with Crippen LogP contribution in [0.5, 0.6) is 0 Å². The number of fused-ring (bicyclic) bond motifs is 1. The summed E-state index contributed by atoms with van der Waals surface area (Å²) in [5, 5.41) is 19.2. The van der Waals surface area contributed by atoms with E-state index in [0.717, 1.165) is 31.2 Å². The topological polar surface area (TPSA) is 91.7 Å². The van der Waals surface area contributed by atoms with E-state index >= 15 is 0 Å². The number of carbonyl (C=O) groups is 1. The number of piperidine rings is 1. The molecule has 43 heavy (non-hydrogen) atoms. The fourth-order valence-corrected chi connectivity index (χ4v) is 5.70. The van der Waals surface area contributed by atoms with E-state index in [0.29, 0.717) is 32.7 Å². The number of carbonyl (C=O) groups excluding carboxylic acids is 1. The Morgan fingerprint density at radius 3 is 2.35 bits per heavy atom. The highest BCUT2D eigenvalue weighted by Crippen LogP contribution is 2.34. The SMILES string of the molecule is O=C(OCCCCCCON(O)O)N1CC[C@H](c2cccc(-c3ccccc3)c2)[C@@H](OCc2ccc3ccccc3c2)C1. The van der Waals surface area contributed by atoms with Crippen molar-refractivity contribution in [1.29, 1.82) is 0 Å². The van der Waals surface area contributed by atoms with Crippen LogP contribution in [0.4, 0.5) is 4.79 Å². The minimum atomic E-state index is -0.310. The summed E-state index contributed by atoms with van der Waals surface area (Å²) >= 11 is 0. The Kier molecular flexibility index (Phi) is 11.1. The first-order chi connectivity index (χ1) is 21.1. The van der Waals surface area contributed by atoms with Crippen LogP contribution in [0.25, 0.3) is 21.9 Å². The molecule has 226 valence electrons. The third kappa shape index (κ3) is 8.86. The first-order valence-electron chi connectivity index (χ1n) is 15.0. The van der Waals surface area contributed by atoms with E-state index in [2.05, 4.69) is 83.7 Å². The number of benzene rings is 4. The first kappa shape index (κ1) is 30.7. The molecule has 8 nitrogen and oxygen atoms in total. The van der Waals surface area contributed by atoms with E-state index in [1.807, 2.05) is 18.2 Å². The molecule has 0 unspecified atom stereocenters. The van der Waals surface area contributed by atoms with Crippen molar-refractivity contribution in [3.05, 3.63) is 108 Å². The molecule has 1 fully saturated rings. The van der Waals surface area contributed by atoms with Gasteiger partial charge in [-0.2, -0.15) is 0 Å². The van der Waals surface area contributed by atoms with Crippen molar-refractivity contribution >= 4 is 16.9 Å². The summed E-state index contributed by atoms with van der Waals surface area (Å²) in [6, 6.07) is 33.7. The fourth-order valence-electron chi connectivity index (χ4n) is 5.70. The van der Waals surface area contributed by atoms with Gasteiger partial charge in [-0.25, -0.2) is 4.79 Å². The second-order valence-corrected chi connectivity index (χ2v) is 11.0. The van der Waals surface area contributed by atoms with Gasteiger partial charge in [0.1, 0.15) is 0 Å². The van der Waals surface area contributed by atoms with Gasteiger partial charge in [0.25, 0.3) is 0 Å². The van der Waals surface area contributed by atoms with Crippen molar-refractivity contribution in [3.8, 4) is 11.1 Å². The zero-order valence-corrected chi connectivity index (χ0v) is 24.4. The molecule has 1 heterocycles. The number of rotatable bonds is 13. The summed E-state index contributed by atoms with van der Waals surface area (Å²) < 4.78 is 12.2. The Bertz CT molecular complexity index is 1450. The van der Waals surface area contributed by atoms with E-state index in [1.165, 1.54) is 27.5 Å². The second-order valence-electron chi connectivity index (χ2n) is 11.0. The fraction of sp³-hybridized carbons (Fsp3) is 0.343. The molecule has 1 amide bonds. The van der Waals surface area contributed by atoms with Crippen molar-refractivity contribution in [2.75, 3.05) is 26.3 Å². The molecule has 4 aromatic rings. The predicted molar refractivity (Wildman–Crippen MR) is 165 cm³/mol. The molecule has 5 rings (SSSR count). The Hall–Kier alpha value is -3.79. The number of unbranched alkanes of at least 4 members (excludes halogenated alkanes) is 3. The van der Waals surface area contributed by atoms with Gasteiger partial charge in [-0.1, -0.05) is 97.4 Å². The molecule has 1 aliphatic heterocycles. The Morgan fingerprint density at radius 1 is 0.791 bits per heavy atom. The third-order valence-electron chi connectivity index (χ3n) is 7.99. The Morgan fingerprint density at radius 2 is 1.53 bits per heavy atom. The second kappa shape index (κ2) is 15.6. The molecule has 2 atom stereocenters. The molecule has 0 radical (unpaired) electrons. The lowest BCUT2D eigenvalue weighted by Crippen LogP contribution is -2.47. The van der Waals surface area contributed by atoms with Crippen LogP contribution in [-0.4, -0.2) is 59.2 Å². The molecule has 0 aromatic heterocycles. The molecule has 8 heteroatoms. The monoisotopic (exact) mass is 584 g/mol. The maximum absolute atomic E-state index is 13.0. The Balaban J connectivity index is 1.22. The highest BCUT2D eigenvalue weighted by molar-refractivity contribution is 5.83. The number of ether oxygens (including phenoxy) is 2. The average molecular weight is 585 g/mol. The van der Waals surface area contributed by atoms with Gasteiger partial charge >= 0.3 is 6.09 Å². The van der Waals surface area contributed by atoms with E-state index in [1.54, 1.807) is 4.90 Å². The highest BCUT2D eigenvalue weighted by atomic mass is 17.1. The van der Waals surface area contributed by atoms with E-state index in [9.17, 15) is 4.79 Å². The van der Waals surface area contributed by atoms with Crippen LogP contribution in [0.2, 0.25) is 0 Å². The highest BCUT2D eigenvalue weighted by Gasteiger charge is 2.34. The maximum Gasteiger partial charge on any atom is 0.409 e. The quantitative estimate of drug-likeness (QED) is 0.124. The van der Waals surface area contributed by atoms with Crippen LogP contribution in [-0.2, 0) is 20.9 Å². The minimum absolute atomic E-state index is 0.143. The lowest BCUT2D eigenvalue weighted by molar-refractivity contribution is -0.492. The first-order valence-corrected chi connectivity index (χ1v) is 15.0. The van der Waals surface area contributed by atoms with Gasteiger partial charge in [-0.05, 0) is 64.8 Å². The molecule has 0 spiro atoms. The molecule has 1 saturated heterocycles. The van der Waals surface area contributed by atoms with E-state index < -0.39 is 0 Å². The van der Waals surface area contributed by atoms with Gasteiger partial charge in [0, 0.05) is 12.5 Å². The molecule has 2 N–H and O–H groups in total. The summed E-state index contributed by atoms with van der Waals surface area (Å²) in [6.07, 6.45) is 3.39. The van der Waals surface area contributed by atoms with Crippen LogP contribution in [0.15, 0.2) is 97.1 Å². The molecule has 4 aromatic carbocycles. The smallest absolute Gasteiger partial charge is 0.409 e. The molecule has 0 bridgehead atoms. The Labute approximate surface area is 252 Å². The van der Waals surface area contributed by atoms with Gasteiger partial charge in [0.2, 0.25) is 0 Å². The molecular weight excluding hydrogens is 544 g/mol. The normalized spacial score (nSPS) is 17.0. The molecular formula is C35H40N2O6. The summed E-state index contributed by atoms with van der Waals surface area (Å²) in [5.74, 6) is 0.143. The van der Waals surface area contributed by atoms with Gasteiger partial charge in [0.05, 0.1) is 37.9 Å². The van der Waals surface area contributed by atoms with Crippen LogP contribution in [0.3, 0.4) is 0 Å². The number of likely N-dealkylation sites (tertiary alicyclic amines) is 1. The van der Waals surface area contributed by atoms with Crippen molar-refractivity contribution in [3.63, 3.8) is 0 Å². The van der Waals surface area contributed by atoms with Crippen LogP contribution in [0, 0.1) is 0 Å². The van der Waals surface area contributed by atoms with Crippen LogP contribution < -0.4 is 0 Å². The lowest BCUT2D eigenvalue weighted by atomic mass is 9.85. The molecule has 1 aliphatic rings. The van der Waals surface area contributed by atoms with E-state index in [4.69, 9.17) is 19.9 Å². The van der Waals surface area contributed by atoms with Crippen molar-refractivity contribution in [1.82, 2.24) is 10.3 Å². The number of nitrogens with zero attached hydrogens (tertiary/aromatic N) is 2. The zero-order valence-electron chi connectivity index (χ0n) is 24.4. The summed E-state index contributed by atoms with van der Waals surface area (Å²) in [5.41, 5.74) is 4.67. The van der Waals surface area contributed by atoms with Crippen molar-refractivity contribution in [2.24, 2.45) is 0 Å².